The number of halogens is 1. The summed E-state index contributed by atoms with van der Waals surface area (Å²) >= 11 is 7.38. The molecule has 2 N–H and O–H groups in total. The highest BCUT2D eigenvalue weighted by Gasteiger charge is 2.20. The van der Waals surface area contributed by atoms with Crippen LogP contribution in [0.2, 0.25) is 5.02 Å². The molecule has 1 aromatic carbocycles. The Balaban J connectivity index is 1.32. The third-order valence-corrected chi connectivity index (χ3v) is 5.45. The van der Waals surface area contributed by atoms with Crippen molar-refractivity contribution < 1.29 is 9.59 Å². The van der Waals surface area contributed by atoms with Crippen molar-refractivity contribution in [1.82, 2.24) is 20.4 Å². The number of hydrogen-bond donors (Lipinski definition) is 2. The van der Waals surface area contributed by atoms with E-state index in [9.17, 15) is 9.59 Å². The van der Waals surface area contributed by atoms with Crippen LogP contribution in [0.4, 0.5) is 4.79 Å². The number of nitrogens with one attached hydrogen (secondary N) is 2. The van der Waals surface area contributed by atoms with Crippen LogP contribution in [-0.4, -0.2) is 61.0 Å². The van der Waals surface area contributed by atoms with Crippen molar-refractivity contribution in [3.05, 3.63) is 57.2 Å². The molecule has 1 fully saturated rings. The van der Waals surface area contributed by atoms with Gasteiger partial charge in [0.05, 0.1) is 0 Å². The second-order valence-electron chi connectivity index (χ2n) is 6.38. The van der Waals surface area contributed by atoms with Gasteiger partial charge in [-0.05, 0) is 29.1 Å². The van der Waals surface area contributed by atoms with Gasteiger partial charge in [0.25, 0.3) is 5.91 Å². The van der Waals surface area contributed by atoms with E-state index in [1.165, 1.54) is 11.3 Å². The lowest BCUT2D eigenvalue weighted by atomic mass is 10.2. The maximum atomic E-state index is 12.3. The molecule has 2 aromatic rings. The first-order chi connectivity index (χ1) is 13.1. The summed E-state index contributed by atoms with van der Waals surface area (Å²) in [6.45, 7) is 4.87. The molecule has 144 valence electrons. The van der Waals surface area contributed by atoms with Gasteiger partial charge < -0.3 is 15.5 Å². The second-order valence-corrected chi connectivity index (χ2v) is 7.60. The lowest BCUT2D eigenvalue weighted by molar-refractivity contribution is 0.0942. The maximum absolute atomic E-state index is 12.3. The van der Waals surface area contributed by atoms with Gasteiger partial charge in [0.2, 0.25) is 0 Å². The van der Waals surface area contributed by atoms with Crippen LogP contribution in [0.3, 0.4) is 0 Å². The minimum absolute atomic E-state index is 0.0311. The number of nitrogens with zero attached hydrogens (tertiary/aromatic N) is 2. The van der Waals surface area contributed by atoms with Crippen LogP contribution >= 0.6 is 22.9 Å². The van der Waals surface area contributed by atoms with Crippen molar-refractivity contribution in [2.45, 2.75) is 6.54 Å². The number of carbonyl (C=O) groups is 2. The normalized spacial score (nSPS) is 14.8. The summed E-state index contributed by atoms with van der Waals surface area (Å²) < 4.78 is 0. The van der Waals surface area contributed by atoms with Crippen LogP contribution in [0.1, 0.15) is 15.9 Å². The topological polar surface area (TPSA) is 64.7 Å². The third-order valence-electron chi connectivity index (χ3n) is 4.51. The summed E-state index contributed by atoms with van der Waals surface area (Å²) in [7, 11) is 0. The second kappa shape index (κ2) is 9.73. The van der Waals surface area contributed by atoms with Crippen molar-refractivity contribution in [3.63, 3.8) is 0 Å². The molecule has 0 bridgehead atoms. The van der Waals surface area contributed by atoms with Gasteiger partial charge in [0.1, 0.15) is 0 Å². The molecule has 2 heterocycles. The Morgan fingerprint density at radius 2 is 1.78 bits per heavy atom. The van der Waals surface area contributed by atoms with Crippen LogP contribution in [0, 0.1) is 0 Å². The zero-order valence-corrected chi connectivity index (χ0v) is 16.6. The molecular weight excluding hydrogens is 384 g/mol. The molecule has 0 saturated carbocycles. The van der Waals surface area contributed by atoms with E-state index in [4.69, 9.17) is 11.6 Å². The first-order valence-corrected chi connectivity index (χ1v) is 10.2. The summed E-state index contributed by atoms with van der Waals surface area (Å²) in [6.07, 6.45) is 0. The smallest absolute Gasteiger partial charge is 0.317 e. The highest BCUT2D eigenvalue weighted by molar-refractivity contribution is 7.08. The van der Waals surface area contributed by atoms with Gasteiger partial charge in [-0.1, -0.05) is 23.7 Å². The zero-order valence-electron chi connectivity index (χ0n) is 15.0. The van der Waals surface area contributed by atoms with Crippen molar-refractivity contribution in [1.29, 1.82) is 0 Å². The molecule has 0 atom stereocenters. The highest BCUT2D eigenvalue weighted by Crippen LogP contribution is 2.10. The van der Waals surface area contributed by atoms with E-state index in [-0.39, 0.29) is 11.9 Å². The number of piperazine rings is 1. The van der Waals surface area contributed by atoms with Crippen LogP contribution in [0.5, 0.6) is 0 Å². The molecule has 0 unspecified atom stereocenters. The molecule has 0 radical (unpaired) electrons. The van der Waals surface area contributed by atoms with Crippen LogP contribution < -0.4 is 10.6 Å². The highest BCUT2D eigenvalue weighted by atomic mass is 35.5. The lowest BCUT2D eigenvalue weighted by Crippen LogP contribution is -2.52. The molecule has 6 nitrogen and oxygen atoms in total. The maximum Gasteiger partial charge on any atom is 0.317 e. The Bertz CT molecular complexity index is 744. The van der Waals surface area contributed by atoms with E-state index in [0.29, 0.717) is 36.8 Å². The lowest BCUT2D eigenvalue weighted by Gasteiger charge is -2.34. The van der Waals surface area contributed by atoms with Gasteiger partial charge in [0.15, 0.2) is 0 Å². The van der Waals surface area contributed by atoms with Gasteiger partial charge >= 0.3 is 6.03 Å². The number of benzene rings is 1. The van der Waals surface area contributed by atoms with Crippen LogP contribution in [0.25, 0.3) is 0 Å². The van der Waals surface area contributed by atoms with Gasteiger partial charge in [-0.25, -0.2) is 4.79 Å². The Kier molecular flexibility index (Phi) is 7.09. The molecule has 0 aliphatic carbocycles. The van der Waals surface area contributed by atoms with E-state index >= 15 is 0 Å². The quantitative estimate of drug-likeness (QED) is 0.775. The number of hydrogen-bond acceptors (Lipinski definition) is 4. The van der Waals surface area contributed by atoms with Crippen LogP contribution in [0.15, 0.2) is 41.1 Å². The first kappa shape index (κ1) is 19.7. The Hall–Kier alpha value is -2.09. The number of thiophene rings is 1. The zero-order chi connectivity index (χ0) is 19.1. The molecule has 3 rings (SSSR count). The van der Waals surface area contributed by atoms with Gasteiger partial charge in [-0.3, -0.25) is 9.69 Å². The van der Waals surface area contributed by atoms with E-state index < -0.39 is 0 Å². The summed E-state index contributed by atoms with van der Waals surface area (Å²) in [5.41, 5.74) is 1.73. The summed E-state index contributed by atoms with van der Waals surface area (Å²) in [5, 5.41) is 10.3. The molecule has 27 heavy (non-hydrogen) atoms. The van der Waals surface area contributed by atoms with E-state index in [0.717, 1.165) is 25.2 Å². The predicted molar refractivity (Wildman–Crippen MR) is 108 cm³/mol. The minimum atomic E-state index is -0.0460. The fraction of sp³-hybridized carbons (Fsp3) is 0.368. The minimum Gasteiger partial charge on any atom is -0.351 e. The molecular formula is C19H23ClN4O2S. The van der Waals surface area contributed by atoms with Crippen LogP contribution in [-0.2, 0) is 6.54 Å². The summed E-state index contributed by atoms with van der Waals surface area (Å²) in [4.78, 5) is 28.3. The molecule has 0 spiro atoms. The van der Waals surface area contributed by atoms with Crippen molar-refractivity contribution >= 4 is 34.9 Å². The number of urea groups is 1. The molecule has 8 heteroatoms. The van der Waals surface area contributed by atoms with Crippen molar-refractivity contribution in [3.8, 4) is 0 Å². The van der Waals surface area contributed by atoms with E-state index in [1.807, 2.05) is 46.0 Å². The molecule has 1 aliphatic rings. The molecule has 3 amide bonds. The third kappa shape index (κ3) is 5.95. The summed E-state index contributed by atoms with van der Waals surface area (Å²) in [6, 6.07) is 9.23. The molecule has 1 aliphatic heterocycles. The largest absolute Gasteiger partial charge is 0.351 e. The van der Waals surface area contributed by atoms with E-state index in [1.54, 1.807) is 0 Å². The Labute approximate surface area is 168 Å². The standard InChI is InChI=1S/C19H23ClN4O2S/c20-17-3-1-15(2-4-17)13-22-19(26)24-10-8-23(9-11-24)7-6-21-18(25)16-5-12-27-14-16/h1-5,12,14H,6-11,13H2,(H,21,25)(H,22,26). The average Bonchev–Trinajstić information content (AvgIpc) is 3.23. The predicted octanol–water partition coefficient (Wildman–Crippen LogP) is 2.66. The van der Waals surface area contributed by atoms with Crippen molar-refractivity contribution in [2.24, 2.45) is 0 Å². The molecule has 1 aromatic heterocycles. The fourth-order valence-electron chi connectivity index (χ4n) is 2.89. The fourth-order valence-corrected chi connectivity index (χ4v) is 3.65. The Morgan fingerprint density at radius 3 is 2.44 bits per heavy atom. The number of carbonyl (C=O) groups excluding carboxylic acids is 2. The number of rotatable bonds is 6. The monoisotopic (exact) mass is 406 g/mol. The average molecular weight is 407 g/mol. The first-order valence-electron chi connectivity index (χ1n) is 8.92. The molecule has 1 saturated heterocycles. The summed E-state index contributed by atoms with van der Waals surface area (Å²) in [5.74, 6) is -0.0311. The van der Waals surface area contributed by atoms with E-state index in [2.05, 4.69) is 15.5 Å². The van der Waals surface area contributed by atoms with Gasteiger partial charge in [-0.15, -0.1) is 0 Å². The SMILES string of the molecule is O=C(NCCN1CCN(C(=O)NCc2ccc(Cl)cc2)CC1)c1ccsc1. The van der Waals surface area contributed by atoms with Gasteiger partial charge in [-0.2, -0.15) is 11.3 Å². The number of amides is 3. The van der Waals surface area contributed by atoms with Crippen molar-refractivity contribution in [2.75, 3.05) is 39.3 Å². The van der Waals surface area contributed by atoms with Gasteiger partial charge in [0, 0.05) is 61.8 Å². The Morgan fingerprint density at radius 1 is 1.04 bits per heavy atom.